The molecule has 0 heterocycles. The van der Waals surface area contributed by atoms with Gasteiger partial charge in [0.25, 0.3) is 0 Å². The van der Waals surface area contributed by atoms with Gasteiger partial charge in [-0.3, -0.25) is 0 Å². The van der Waals surface area contributed by atoms with Crippen molar-refractivity contribution >= 4 is 15.9 Å². The summed E-state index contributed by atoms with van der Waals surface area (Å²) in [5, 5.41) is 10.3. The molecule has 0 radical (unpaired) electrons. The summed E-state index contributed by atoms with van der Waals surface area (Å²) in [6.45, 7) is 1.56. The second kappa shape index (κ2) is 5.58. The van der Waals surface area contributed by atoms with Crippen LogP contribution in [0.15, 0.2) is 46.9 Å². The zero-order valence-electron chi connectivity index (χ0n) is 10.6. The standard InChI is InChI=1S/C15H12BrF3O/c1-9-8-10(15(17,18)19)6-7-11(9)14(20)12-4-2-3-5-13(12)16/h2-8,14,20H,1H3. The van der Waals surface area contributed by atoms with Crippen molar-refractivity contribution in [2.24, 2.45) is 0 Å². The van der Waals surface area contributed by atoms with Crippen LogP contribution < -0.4 is 0 Å². The van der Waals surface area contributed by atoms with E-state index in [0.717, 1.165) is 12.1 Å². The summed E-state index contributed by atoms with van der Waals surface area (Å²) in [6, 6.07) is 10.4. The zero-order chi connectivity index (χ0) is 14.9. The number of halogens is 4. The van der Waals surface area contributed by atoms with E-state index in [0.29, 0.717) is 21.2 Å². The Kier molecular flexibility index (Phi) is 4.20. The fourth-order valence-corrected chi connectivity index (χ4v) is 2.52. The summed E-state index contributed by atoms with van der Waals surface area (Å²) in [5.41, 5.74) is 0.779. The molecule has 106 valence electrons. The number of aliphatic hydroxyl groups is 1. The number of alkyl halides is 3. The van der Waals surface area contributed by atoms with Crippen LogP contribution in [0.25, 0.3) is 0 Å². The minimum atomic E-state index is -4.37. The second-order valence-electron chi connectivity index (χ2n) is 4.49. The fourth-order valence-electron chi connectivity index (χ4n) is 2.02. The average molecular weight is 345 g/mol. The van der Waals surface area contributed by atoms with Gasteiger partial charge in [0.15, 0.2) is 0 Å². The predicted octanol–water partition coefficient (Wildman–Crippen LogP) is 4.86. The van der Waals surface area contributed by atoms with Gasteiger partial charge in [0.1, 0.15) is 6.10 Å². The minimum absolute atomic E-state index is 0.406. The van der Waals surface area contributed by atoms with E-state index >= 15 is 0 Å². The van der Waals surface area contributed by atoms with E-state index in [2.05, 4.69) is 15.9 Å². The molecule has 20 heavy (non-hydrogen) atoms. The molecule has 5 heteroatoms. The first-order valence-corrected chi connectivity index (χ1v) is 6.70. The fraction of sp³-hybridized carbons (Fsp3) is 0.200. The molecule has 1 N–H and O–H groups in total. The lowest BCUT2D eigenvalue weighted by molar-refractivity contribution is -0.137. The Morgan fingerprint density at radius 1 is 1.05 bits per heavy atom. The summed E-state index contributed by atoms with van der Waals surface area (Å²) >= 11 is 3.32. The van der Waals surface area contributed by atoms with Crippen LogP contribution in [0, 0.1) is 6.92 Å². The minimum Gasteiger partial charge on any atom is -0.384 e. The highest BCUT2D eigenvalue weighted by atomic mass is 79.9. The molecule has 0 amide bonds. The predicted molar refractivity (Wildman–Crippen MR) is 74.4 cm³/mol. The van der Waals surface area contributed by atoms with Crippen molar-refractivity contribution in [3.05, 3.63) is 69.2 Å². The van der Waals surface area contributed by atoms with Gasteiger partial charge < -0.3 is 5.11 Å². The van der Waals surface area contributed by atoms with Gasteiger partial charge in [0.05, 0.1) is 5.56 Å². The summed E-state index contributed by atoms with van der Waals surface area (Å²) in [7, 11) is 0. The molecule has 2 rings (SSSR count). The molecule has 0 aromatic heterocycles. The molecule has 1 unspecified atom stereocenters. The number of hydrogen-bond acceptors (Lipinski definition) is 1. The van der Waals surface area contributed by atoms with Crippen LogP contribution in [0.5, 0.6) is 0 Å². The zero-order valence-corrected chi connectivity index (χ0v) is 12.2. The van der Waals surface area contributed by atoms with Gasteiger partial charge in [-0.15, -0.1) is 0 Å². The SMILES string of the molecule is Cc1cc(C(F)(F)F)ccc1C(O)c1ccccc1Br. The summed E-state index contributed by atoms with van der Waals surface area (Å²) in [5.74, 6) is 0. The molecule has 2 aromatic carbocycles. The average Bonchev–Trinajstić information content (AvgIpc) is 2.37. The van der Waals surface area contributed by atoms with Crippen molar-refractivity contribution in [2.45, 2.75) is 19.2 Å². The van der Waals surface area contributed by atoms with Crippen molar-refractivity contribution in [1.29, 1.82) is 0 Å². The van der Waals surface area contributed by atoms with E-state index in [-0.39, 0.29) is 0 Å². The molecule has 0 saturated heterocycles. The third-order valence-corrected chi connectivity index (χ3v) is 3.81. The van der Waals surface area contributed by atoms with Crippen LogP contribution in [0.2, 0.25) is 0 Å². The highest BCUT2D eigenvalue weighted by molar-refractivity contribution is 9.10. The number of hydrogen-bond donors (Lipinski definition) is 1. The first-order chi connectivity index (χ1) is 9.30. The van der Waals surface area contributed by atoms with Crippen molar-refractivity contribution in [3.8, 4) is 0 Å². The van der Waals surface area contributed by atoms with Crippen molar-refractivity contribution in [1.82, 2.24) is 0 Å². The third-order valence-electron chi connectivity index (χ3n) is 3.09. The smallest absolute Gasteiger partial charge is 0.384 e. The molecule has 1 atom stereocenters. The summed E-state index contributed by atoms with van der Waals surface area (Å²) in [6.07, 6.45) is -5.34. The monoisotopic (exact) mass is 344 g/mol. The van der Waals surface area contributed by atoms with E-state index in [1.807, 2.05) is 0 Å². The van der Waals surface area contributed by atoms with Gasteiger partial charge in [0, 0.05) is 4.47 Å². The van der Waals surface area contributed by atoms with Crippen molar-refractivity contribution in [2.75, 3.05) is 0 Å². The second-order valence-corrected chi connectivity index (χ2v) is 5.35. The van der Waals surface area contributed by atoms with E-state index in [9.17, 15) is 18.3 Å². The molecule has 0 aliphatic carbocycles. The summed E-state index contributed by atoms with van der Waals surface area (Å²) in [4.78, 5) is 0. The van der Waals surface area contributed by atoms with E-state index < -0.39 is 17.8 Å². The Morgan fingerprint density at radius 2 is 1.70 bits per heavy atom. The third kappa shape index (κ3) is 3.04. The van der Waals surface area contributed by atoms with Crippen LogP contribution in [-0.4, -0.2) is 5.11 Å². The van der Waals surface area contributed by atoms with Gasteiger partial charge in [-0.25, -0.2) is 0 Å². The maximum Gasteiger partial charge on any atom is 0.416 e. The topological polar surface area (TPSA) is 20.2 Å². The van der Waals surface area contributed by atoms with Crippen LogP contribution >= 0.6 is 15.9 Å². The molecule has 0 aliphatic rings. The van der Waals surface area contributed by atoms with Gasteiger partial charge in [-0.05, 0) is 41.8 Å². The van der Waals surface area contributed by atoms with E-state index in [1.165, 1.54) is 6.07 Å². The van der Waals surface area contributed by atoms with E-state index in [1.54, 1.807) is 31.2 Å². The molecule has 1 nitrogen and oxygen atoms in total. The molecule has 0 bridgehead atoms. The lowest BCUT2D eigenvalue weighted by Gasteiger charge is -2.17. The van der Waals surface area contributed by atoms with Gasteiger partial charge in [-0.1, -0.05) is 40.2 Å². The lowest BCUT2D eigenvalue weighted by atomic mass is 9.96. The van der Waals surface area contributed by atoms with E-state index in [4.69, 9.17) is 0 Å². The highest BCUT2D eigenvalue weighted by Gasteiger charge is 2.31. The maximum absolute atomic E-state index is 12.6. The molecular weight excluding hydrogens is 333 g/mol. The van der Waals surface area contributed by atoms with Crippen LogP contribution in [0.3, 0.4) is 0 Å². The molecule has 2 aromatic rings. The van der Waals surface area contributed by atoms with Crippen LogP contribution in [-0.2, 0) is 6.18 Å². The summed E-state index contributed by atoms with van der Waals surface area (Å²) < 4.78 is 38.6. The molecule has 0 fully saturated rings. The Labute approximate surface area is 123 Å². The lowest BCUT2D eigenvalue weighted by Crippen LogP contribution is -2.08. The highest BCUT2D eigenvalue weighted by Crippen LogP contribution is 2.34. The Bertz CT molecular complexity index is 623. The van der Waals surface area contributed by atoms with Crippen molar-refractivity contribution < 1.29 is 18.3 Å². The van der Waals surface area contributed by atoms with Gasteiger partial charge in [-0.2, -0.15) is 13.2 Å². The number of aliphatic hydroxyl groups excluding tert-OH is 1. The first-order valence-electron chi connectivity index (χ1n) is 5.91. The molecular formula is C15H12BrF3O. The number of aryl methyl sites for hydroxylation is 1. The Balaban J connectivity index is 2.42. The van der Waals surface area contributed by atoms with Gasteiger partial charge >= 0.3 is 6.18 Å². The molecule has 0 spiro atoms. The largest absolute Gasteiger partial charge is 0.416 e. The maximum atomic E-state index is 12.6. The van der Waals surface area contributed by atoms with Crippen LogP contribution in [0.1, 0.15) is 28.4 Å². The number of rotatable bonds is 2. The molecule has 0 saturated carbocycles. The normalized spacial score (nSPS) is 13.3. The van der Waals surface area contributed by atoms with Gasteiger partial charge in [0.2, 0.25) is 0 Å². The van der Waals surface area contributed by atoms with Crippen molar-refractivity contribution in [3.63, 3.8) is 0 Å². The first kappa shape index (κ1) is 15.1. The number of benzene rings is 2. The Morgan fingerprint density at radius 3 is 2.25 bits per heavy atom. The quantitative estimate of drug-likeness (QED) is 0.824. The molecule has 0 aliphatic heterocycles. The van der Waals surface area contributed by atoms with Crippen LogP contribution in [0.4, 0.5) is 13.2 Å². The Hall–Kier alpha value is -1.33.